The fourth-order valence-corrected chi connectivity index (χ4v) is 1.74. The van der Waals surface area contributed by atoms with Gasteiger partial charge in [-0.15, -0.1) is 0 Å². The standard InChI is InChI=1S/C12H23NO5/c1-12(2,11(16)18-4)7-9(10(15)17-3)8-13-5-6-14/h9,13-14H,5-8H2,1-4H3. The van der Waals surface area contributed by atoms with Crippen molar-refractivity contribution in [1.82, 2.24) is 5.32 Å². The summed E-state index contributed by atoms with van der Waals surface area (Å²) >= 11 is 0. The lowest BCUT2D eigenvalue weighted by atomic mass is 9.82. The SMILES string of the molecule is COC(=O)C(CNCCO)CC(C)(C)C(=O)OC. The van der Waals surface area contributed by atoms with Crippen molar-refractivity contribution in [2.24, 2.45) is 11.3 Å². The Morgan fingerprint density at radius 2 is 1.89 bits per heavy atom. The van der Waals surface area contributed by atoms with E-state index < -0.39 is 11.3 Å². The van der Waals surface area contributed by atoms with E-state index in [-0.39, 0.29) is 18.5 Å². The first kappa shape index (κ1) is 16.9. The lowest BCUT2D eigenvalue weighted by Gasteiger charge is -2.26. The fourth-order valence-electron chi connectivity index (χ4n) is 1.74. The number of aliphatic hydroxyl groups is 1. The van der Waals surface area contributed by atoms with Crippen molar-refractivity contribution < 1.29 is 24.2 Å². The average Bonchev–Trinajstić information content (AvgIpc) is 2.35. The van der Waals surface area contributed by atoms with Crippen LogP contribution in [-0.2, 0) is 19.1 Å². The van der Waals surface area contributed by atoms with Gasteiger partial charge in [0.2, 0.25) is 0 Å². The smallest absolute Gasteiger partial charge is 0.311 e. The van der Waals surface area contributed by atoms with Crippen LogP contribution in [0.1, 0.15) is 20.3 Å². The van der Waals surface area contributed by atoms with Crippen LogP contribution in [0.2, 0.25) is 0 Å². The number of esters is 2. The molecule has 0 saturated heterocycles. The second-order valence-electron chi connectivity index (χ2n) is 4.73. The van der Waals surface area contributed by atoms with Crippen LogP contribution in [0.5, 0.6) is 0 Å². The van der Waals surface area contributed by atoms with Crippen LogP contribution in [0.4, 0.5) is 0 Å². The van der Waals surface area contributed by atoms with E-state index in [0.717, 1.165) is 0 Å². The van der Waals surface area contributed by atoms with E-state index in [0.29, 0.717) is 19.5 Å². The molecule has 0 saturated carbocycles. The Labute approximate surface area is 108 Å². The third-order valence-corrected chi connectivity index (χ3v) is 2.71. The topological polar surface area (TPSA) is 84.9 Å². The van der Waals surface area contributed by atoms with Gasteiger partial charge in [-0.3, -0.25) is 9.59 Å². The van der Waals surface area contributed by atoms with Crippen LogP contribution in [-0.4, -0.2) is 51.0 Å². The monoisotopic (exact) mass is 261 g/mol. The number of ether oxygens (including phenoxy) is 2. The largest absolute Gasteiger partial charge is 0.469 e. The van der Waals surface area contributed by atoms with Gasteiger partial charge in [0.25, 0.3) is 0 Å². The van der Waals surface area contributed by atoms with Crippen LogP contribution >= 0.6 is 0 Å². The quantitative estimate of drug-likeness (QED) is 0.470. The minimum absolute atomic E-state index is 0.00567. The van der Waals surface area contributed by atoms with Crippen LogP contribution < -0.4 is 5.32 Å². The molecule has 0 aromatic heterocycles. The number of rotatable bonds is 8. The number of nitrogens with one attached hydrogen (secondary N) is 1. The van der Waals surface area contributed by atoms with Crippen molar-refractivity contribution in [2.75, 3.05) is 33.9 Å². The molecular weight excluding hydrogens is 238 g/mol. The maximum atomic E-state index is 11.6. The normalized spacial score (nSPS) is 12.9. The summed E-state index contributed by atoms with van der Waals surface area (Å²) in [6.45, 7) is 4.19. The molecule has 0 heterocycles. The Bertz CT molecular complexity index is 278. The summed E-state index contributed by atoms with van der Waals surface area (Å²) in [5.74, 6) is -1.19. The summed E-state index contributed by atoms with van der Waals surface area (Å²) in [6, 6.07) is 0. The van der Waals surface area contributed by atoms with Crippen molar-refractivity contribution in [1.29, 1.82) is 0 Å². The number of hydrogen-bond acceptors (Lipinski definition) is 6. The van der Waals surface area contributed by atoms with Gasteiger partial charge in [0, 0.05) is 13.1 Å². The Morgan fingerprint density at radius 1 is 1.28 bits per heavy atom. The second-order valence-corrected chi connectivity index (χ2v) is 4.73. The van der Waals surface area contributed by atoms with Crippen LogP contribution in [0, 0.1) is 11.3 Å². The summed E-state index contributed by atoms with van der Waals surface area (Å²) in [6.07, 6.45) is 0.324. The first-order valence-electron chi connectivity index (χ1n) is 5.87. The lowest BCUT2D eigenvalue weighted by molar-refractivity contribution is -0.154. The van der Waals surface area contributed by atoms with E-state index in [1.807, 2.05) is 0 Å². The first-order chi connectivity index (χ1) is 8.38. The van der Waals surface area contributed by atoms with Crippen molar-refractivity contribution in [3.8, 4) is 0 Å². The number of hydrogen-bond donors (Lipinski definition) is 2. The predicted molar refractivity (Wildman–Crippen MR) is 65.9 cm³/mol. The van der Waals surface area contributed by atoms with Crippen molar-refractivity contribution in [3.63, 3.8) is 0 Å². The van der Waals surface area contributed by atoms with Crippen LogP contribution in [0.25, 0.3) is 0 Å². The van der Waals surface area contributed by atoms with Crippen LogP contribution in [0.15, 0.2) is 0 Å². The van der Waals surface area contributed by atoms with Gasteiger partial charge in [-0.25, -0.2) is 0 Å². The molecule has 0 aliphatic heterocycles. The third kappa shape index (κ3) is 5.46. The zero-order valence-corrected chi connectivity index (χ0v) is 11.5. The summed E-state index contributed by atoms with van der Waals surface area (Å²) in [5, 5.41) is 11.6. The minimum Gasteiger partial charge on any atom is -0.469 e. The molecule has 0 fully saturated rings. The molecule has 6 heteroatoms. The van der Waals surface area contributed by atoms with Crippen LogP contribution in [0.3, 0.4) is 0 Å². The van der Waals surface area contributed by atoms with Gasteiger partial charge in [-0.2, -0.15) is 0 Å². The van der Waals surface area contributed by atoms with Gasteiger partial charge >= 0.3 is 11.9 Å². The fraction of sp³-hybridized carbons (Fsp3) is 0.833. The molecule has 0 aromatic carbocycles. The van der Waals surface area contributed by atoms with Gasteiger partial charge < -0.3 is 19.9 Å². The number of carbonyl (C=O) groups excluding carboxylic acids is 2. The zero-order chi connectivity index (χ0) is 14.2. The average molecular weight is 261 g/mol. The molecule has 1 unspecified atom stereocenters. The van der Waals surface area contributed by atoms with E-state index in [2.05, 4.69) is 5.32 Å². The molecule has 106 valence electrons. The van der Waals surface area contributed by atoms with E-state index >= 15 is 0 Å². The lowest BCUT2D eigenvalue weighted by Crippen LogP contribution is -2.37. The summed E-state index contributed by atoms with van der Waals surface area (Å²) in [5.41, 5.74) is -0.755. The second kappa shape index (κ2) is 8.05. The summed E-state index contributed by atoms with van der Waals surface area (Å²) in [7, 11) is 2.63. The molecule has 2 N–H and O–H groups in total. The Hall–Kier alpha value is -1.14. The molecule has 0 aromatic rings. The summed E-state index contributed by atoms with van der Waals surface area (Å²) in [4.78, 5) is 23.2. The van der Waals surface area contributed by atoms with Gasteiger partial charge in [0.05, 0.1) is 32.2 Å². The number of aliphatic hydroxyl groups excluding tert-OH is 1. The highest BCUT2D eigenvalue weighted by Gasteiger charge is 2.34. The van der Waals surface area contributed by atoms with E-state index in [4.69, 9.17) is 14.6 Å². The zero-order valence-electron chi connectivity index (χ0n) is 11.5. The molecule has 0 amide bonds. The molecular formula is C12H23NO5. The van der Waals surface area contributed by atoms with Crippen molar-refractivity contribution >= 4 is 11.9 Å². The molecule has 18 heavy (non-hydrogen) atoms. The maximum absolute atomic E-state index is 11.6. The molecule has 1 atom stereocenters. The molecule has 0 bridgehead atoms. The maximum Gasteiger partial charge on any atom is 0.311 e. The van der Waals surface area contributed by atoms with Crippen molar-refractivity contribution in [3.05, 3.63) is 0 Å². The molecule has 0 aliphatic carbocycles. The van der Waals surface area contributed by atoms with Crippen molar-refractivity contribution in [2.45, 2.75) is 20.3 Å². The molecule has 6 nitrogen and oxygen atoms in total. The molecule has 0 rings (SSSR count). The minimum atomic E-state index is -0.755. The van der Waals surface area contributed by atoms with E-state index in [9.17, 15) is 9.59 Å². The number of carbonyl (C=O) groups is 2. The van der Waals surface area contributed by atoms with Gasteiger partial charge in [-0.05, 0) is 20.3 Å². The molecule has 0 aliphatic rings. The van der Waals surface area contributed by atoms with Gasteiger partial charge in [0.15, 0.2) is 0 Å². The number of methoxy groups -OCH3 is 2. The third-order valence-electron chi connectivity index (χ3n) is 2.71. The highest BCUT2D eigenvalue weighted by Crippen LogP contribution is 2.27. The molecule has 0 radical (unpaired) electrons. The Balaban J connectivity index is 4.57. The highest BCUT2D eigenvalue weighted by molar-refractivity contribution is 5.78. The van der Waals surface area contributed by atoms with Gasteiger partial charge in [0.1, 0.15) is 0 Å². The Morgan fingerprint density at radius 3 is 2.33 bits per heavy atom. The van der Waals surface area contributed by atoms with E-state index in [1.165, 1.54) is 14.2 Å². The molecule has 0 spiro atoms. The summed E-state index contributed by atoms with van der Waals surface area (Å²) < 4.78 is 9.41. The highest BCUT2D eigenvalue weighted by atomic mass is 16.5. The predicted octanol–water partition coefficient (Wildman–Crippen LogP) is -0.0532. The van der Waals surface area contributed by atoms with E-state index in [1.54, 1.807) is 13.8 Å². The Kier molecular flexibility index (Phi) is 7.54. The first-order valence-corrected chi connectivity index (χ1v) is 5.87. The van der Waals surface area contributed by atoms with Gasteiger partial charge in [-0.1, -0.05) is 0 Å².